The molecule has 0 spiro atoms. The molecule has 4 heteroatoms. The monoisotopic (exact) mass is 392 g/mol. The lowest BCUT2D eigenvalue weighted by Gasteiger charge is -2.34. The van der Waals surface area contributed by atoms with Gasteiger partial charge in [-0.05, 0) is 72.9 Å². The third-order valence-corrected chi connectivity index (χ3v) is 7.36. The molecular weight excluding hydrogens is 364 g/mol. The fraction of sp³-hybridized carbons (Fsp3) is 0.417. The van der Waals surface area contributed by atoms with Crippen LogP contribution in [0.25, 0.3) is 21.5 Å². The van der Waals surface area contributed by atoms with Gasteiger partial charge >= 0.3 is 0 Å². The Balaban J connectivity index is 1.77. The maximum absolute atomic E-state index is 13.4. The SMILES string of the molecule is Cc1cc2nc(-c3cccs3)cc(C(=O)N[C@@H]3CCC[C@@H](C)[C@@H]3C)c2cc1C. The summed E-state index contributed by atoms with van der Waals surface area (Å²) in [6.07, 6.45) is 3.51. The summed E-state index contributed by atoms with van der Waals surface area (Å²) in [6.45, 7) is 8.75. The van der Waals surface area contributed by atoms with Crippen LogP contribution in [-0.2, 0) is 0 Å². The molecule has 0 bridgehead atoms. The average Bonchev–Trinajstić information content (AvgIpc) is 3.20. The van der Waals surface area contributed by atoms with Crippen LogP contribution in [-0.4, -0.2) is 16.9 Å². The molecule has 3 atom stereocenters. The molecular formula is C24H28N2OS. The molecule has 1 aliphatic rings. The molecule has 1 N–H and O–H groups in total. The molecule has 2 heterocycles. The van der Waals surface area contributed by atoms with E-state index in [4.69, 9.17) is 4.98 Å². The van der Waals surface area contributed by atoms with Crippen molar-refractivity contribution in [3.05, 3.63) is 52.4 Å². The highest BCUT2D eigenvalue weighted by molar-refractivity contribution is 7.13. The van der Waals surface area contributed by atoms with Crippen molar-refractivity contribution in [1.29, 1.82) is 0 Å². The van der Waals surface area contributed by atoms with Gasteiger partial charge in [-0.2, -0.15) is 0 Å². The number of aromatic nitrogens is 1. The second kappa shape index (κ2) is 7.67. The number of carbonyl (C=O) groups excluding carboxylic acids is 1. The van der Waals surface area contributed by atoms with E-state index in [1.807, 2.05) is 17.5 Å². The lowest BCUT2D eigenvalue weighted by molar-refractivity contribution is 0.0892. The molecule has 0 saturated heterocycles. The highest BCUT2D eigenvalue weighted by Gasteiger charge is 2.29. The van der Waals surface area contributed by atoms with E-state index in [2.05, 4.69) is 51.2 Å². The number of carbonyl (C=O) groups is 1. The van der Waals surface area contributed by atoms with Crippen LogP contribution in [0.5, 0.6) is 0 Å². The predicted molar refractivity (Wildman–Crippen MR) is 118 cm³/mol. The van der Waals surface area contributed by atoms with Gasteiger partial charge in [0.1, 0.15) is 0 Å². The van der Waals surface area contributed by atoms with Crippen LogP contribution < -0.4 is 5.32 Å². The summed E-state index contributed by atoms with van der Waals surface area (Å²) < 4.78 is 0. The second-order valence-corrected chi connectivity index (χ2v) is 9.28. The van der Waals surface area contributed by atoms with Crippen LogP contribution in [0.1, 0.15) is 54.6 Å². The number of aryl methyl sites for hydroxylation is 2. The van der Waals surface area contributed by atoms with Crippen molar-refractivity contribution in [3.63, 3.8) is 0 Å². The summed E-state index contributed by atoms with van der Waals surface area (Å²) in [7, 11) is 0. The fourth-order valence-corrected chi connectivity index (χ4v) is 4.94. The number of fused-ring (bicyclic) bond motifs is 1. The van der Waals surface area contributed by atoms with E-state index in [0.29, 0.717) is 11.8 Å². The molecule has 0 aliphatic heterocycles. The Morgan fingerprint density at radius 3 is 2.68 bits per heavy atom. The van der Waals surface area contributed by atoms with Crippen molar-refractivity contribution in [2.45, 2.75) is 53.0 Å². The molecule has 1 amide bonds. The van der Waals surface area contributed by atoms with Gasteiger partial charge in [-0.3, -0.25) is 4.79 Å². The number of pyridine rings is 1. The summed E-state index contributed by atoms with van der Waals surface area (Å²) in [5.74, 6) is 1.19. The minimum Gasteiger partial charge on any atom is -0.349 e. The molecule has 28 heavy (non-hydrogen) atoms. The number of amides is 1. The number of hydrogen-bond acceptors (Lipinski definition) is 3. The maximum atomic E-state index is 13.4. The Morgan fingerprint density at radius 1 is 1.14 bits per heavy atom. The molecule has 2 aromatic heterocycles. The van der Waals surface area contributed by atoms with Gasteiger partial charge in [0, 0.05) is 11.4 Å². The highest BCUT2D eigenvalue weighted by Crippen LogP contribution is 2.32. The second-order valence-electron chi connectivity index (χ2n) is 8.33. The third-order valence-electron chi connectivity index (χ3n) is 6.47. The van der Waals surface area contributed by atoms with E-state index >= 15 is 0 Å². The van der Waals surface area contributed by atoms with Crippen LogP contribution in [0.3, 0.4) is 0 Å². The van der Waals surface area contributed by atoms with E-state index in [9.17, 15) is 4.79 Å². The van der Waals surface area contributed by atoms with E-state index < -0.39 is 0 Å². The normalized spacial score (nSPS) is 22.4. The van der Waals surface area contributed by atoms with E-state index in [1.54, 1.807) is 11.3 Å². The molecule has 1 aromatic carbocycles. The zero-order valence-corrected chi connectivity index (χ0v) is 17.9. The number of hydrogen-bond donors (Lipinski definition) is 1. The largest absolute Gasteiger partial charge is 0.349 e. The number of nitrogens with zero attached hydrogens (tertiary/aromatic N) is 1. The molecule has 1 saturated carbocycles. The molecule has 1 fully saturated rings. The van der Waals surface area contributed by atoms with Crippen LogP contribution >= 0.6 is 11.3 Å². The summed E-state index contributed by atoms with van der Waals surface area (Å²) in [4.78, 5) is 19.3. The van der Waals surface area contributed by atoms with Crippen LogP contribution in [0.15, 0.2) is 35.7 Å². The van der Waals surface area contributed by atoms with Gasteiger partial charge in [-0.1, -0.05) is 32.8 Å². The van der Waals surface area contributed by atoms with Gasteiger partial charge in [0.05, 0.1) is 21.7 Å². The Bertz CT molecular complexity index is 1010. The Morgan fingerprint density at radius 2 is 1.93 bits per heavy atom. The van der Waals surface area contributed by atoms with Gasteiger partial charge in [-0.15, -0.1) is 11.3 Å². The van der Waals surface area contributed by atoms with Crippen LogP contribution in [0.2, 0.25) is 0 Å². The minimum absolute atomic E-state index is 0.0272. The molecule has 0 unspecified atom stereocenters. The van der Waals surface area contributed by atoms with E-state index in [-0.39, 0.29) is 11.9 Å². The zero-order chi connectivity index (χ0) is 19.8. The van der Waals surface area contributed by atoms with Gasteiger partial charge < -0.3 is 5.32 Å². The van der Waals surface area contributed by atoms with Crippen LogP contribution in [0.4, 0.5) is 0 Å². The molecule has 4 rings (SSSR count). The first-order valence-electron chi connectivity index (χ1n) is 10.2. The number of nitrogens with one attached hydrogen (secondary N) is 1. The molecule has 0 radical (unpaired) electrons. The molecule has 3 aromatic rings. The van der Waals surface area contributed by atoms with Crippen molar-refractivity contribution in [2.24, 2.45) is 11.8 Å². The summed E-state index contributed by atoms with van der Waals surface area (Å²) in [5.41, 5.74) is 4.89. The van der Waals surface area contributed by atoms with Crippen molar-refractivity contribution in [3.8, 4) is 10.6 Å². The van der Waals surface area contributed by atoms with Gasteiger partial charge in [0.2, 0.25) is 0 Å². The predicted octanol–water partition coefficient (Wildman–Crippen LogP) is 6.13. The highest BCUT2D eigenvalue weighted by atomic mass is 32.1. The Kier molecular flexibility index (Phi) is 5.24. The Hall–Kier alpha value is -2.20. The maximum Gasteiger partial charge on any atom is 0.252 e. The fourth-order valence-electron chi connectivity index (χ4n) is 4.26. The molecule has 1 aliphatic carbocycles. The van der Waals surface area contributed by atoms with Crippen molar-refractivity contribution < 1.29 is 4.79 Å². The topological polar surface area (TPSA) is 42.0 Å². The smallest absolute Gasteiger partial charge is 0.252 e. The Labute approximate surface area is 171 Å². The first kappa shape index (κ1) is 19.1. The van der Waals surface area contributed by atoms with Crippen molar-refractivity contribution in [1.82, 2.24) is 10.3 Å². The van der Waals surface area contributed by atoms with Crippen LogP contribution in [0, 0.1) is 25.7 Å². The molecule has 3 nitrogen and oxygen atoms in total. The van der Waals surface area contributed by atoms with E-state index in [0.717, 1.165) is 33.5 Å². The standard InChI is InChI=1S/C24H28N2OS/c1-14-7-5-8-20(17(14)4)26-24(27)19-13-22(23-9-6-10-28-23)25-21-12-16(3)15(2)11-18(19)21/h6,9-14,17,20H,5,7-8H2,1-4H3,(H,26,27)/t14-,17+,20-/m1/s1. The number of rotatable bonds is 3. The van der Waals surface area contributed by atoms with Gasteiger partial charge in [0.25, 0.3) is 5.91 Å². The lowest BCUT2D eigenvalue weighted by Crippen LogP contribution is -2.43. The lowest BCUT2D eigenvalue weighted by atomic mass is 9.78. The molecule has 146 valence electrons. The number of benzene rings is 1. The quantitative estimate of drug-likeness (QED) is 0.582. The number of thiophene rings is 1. The first-order valence-corrected chi connectivity index (χ1v) is 11.1. The average molecular weight is 393 g/mol. The summed E-state index contributed by atoms with van der Waals surface area (Å²) in [6, 6.07) is 10.5. The zero-order valence-electron chi connectivity index (χ0n) is 17.1. The third kappa shape index (κ3) is 3.58. The van der Waals surface area contributed by atoms with Gasteiger partial charge in [0.15, 0.2) is 0 Å². The minimum atomic E-state index is 0.0272. The summed E-state index contributed by atoms with van der Waals surface area (Å²) in [5, 5.41) is 6.34. The first-order chi connectivity index (χ1) is 13.4. The van der Waals surface area contributed by atoms with Crippen molar-refractivity contribution in [2.75, 3.05) is 0 Å². The summed E-state index contributed by atoms with van der Waals surface area (Å²) >= 11 is 1.65. The van der Waals surface area contributed by atoms with Crippen molar-refractivity contribution >= 4 is 28.1 Å². The van der Waals surface area contributed by atoms with E-state index in [1.165, 1.54) is 24.0 Å². The van der Waals surface area contributed by atoms with Gasteiger partial charge in [-0.25, -0.2) is 4.98 Å².